The van der Waals surface area contributed by atoms with E-state index in [1.54, 1.807) is 6.92 Å². The highest BCUT2D eigenvalue weighted by atomic mass is 16.5. The number of carbonyl (C=O) groups is 2. The lowest BCUT2D eigenvalue weighted by molar-refractivity contribution is 0.0528. The number of esters is 1. The Morgan fingerprint density at radius 2 is 1.91 bits per heavy atom. The largest absolute Gasteiger partial charge is 0.462 e. The van der Waals surface area contributed by atoms with Crippen molar-refractivity contribution < 1.29 is 14.3 Å². The number of aromatic nitrogens is 4. The fourth-order valence-corrected chi connectivity index (χ4v) is 4.17. The second kappa shape index (κ2) is 8.55. The summed E-state index contributed by atoms with van der Waals surface area (Å²) in [5.74, 6) is -0.542. The van der Waals surface area contributed by atoms with Crippen molar-refractivity contribution >= 4 is 28.4 Å². The predicted molar refractivity (Wildman–Crippen MR) is 121 cm³/mol. The average Bonchev–Trinajstić information content (AvgIpc) is 3.44. The van der Waals surface area contributed by atoms with E-state index in [1.807, 2.05) is 35.2 Å². The number of H-pyrrole nitrogens is 2. The quantitative estimate of drug-likeness (QED) is 0.449. The Hall–Kier alpha value is -3.92. The van der Waals surface area contributed by atoms with Gasteiger partial charge in [-0.3, -0.25) is 19.6 Å². The first-order chi connectivity index (χ1) is 16.0. The fourth-order valence-electron chi connectivity index (χ4n) is 4.17. The van der Waals surface area contributed by atoms with Gasteiger partial charge in [-0.15, -0.1) is 0 Å². The van der Waals surface area contributed by atoms with Crippen molar-refractivity contribution in [2.24, 2.45) is 0 Å². The summed E-state index contributed by atoms with van der Waals surface area (Å²) < 4.78 is 6.28. The van der Waals surface area contributed by atoms with Crippen molar-refractivity contribution in [3.63, 3.8) is 0 Å². The van der Waals surface area contributed by atoms with E-state index in [4.69, 9.17) is 4.74 Å². The molecule has 4 heterocycles. The zero-order valence-corrected chi connectivity index (χ0v) is 18.2. The molecule has 0 aliphatic carbocycles. The summed E-state index contributed by atoms with van der Waals surface area (Å²) in [6.07, 6.45) is 1.43. The number of hydrogen-bond acceptors (Lipinski definition) is 6. The minimum atomic E-state index is -0.524. The summed E-state index contributed by atoms with van der Waals surface area (Å²) in [7, 11) is 0. The summed E-state index contributed by atoms with van der Waals surface area (Å²) in [4.78, 5) is 49.2. The molecule has 0 atom stereocenters. The first kappa shape index (κ1) is 21.0. The number of para-hydroxylation sites is 1. The standard InChI is InChI=1S/C23H24N6O4/c1-2-33-23(32)17-13-24-29-20(30)12-16(25-21(17)29)14-27-7-9-28(10-8-27)22(31)19-11-15-5-3-4-6-18(15)26-19/h3-6,11-13,24,26H,2,7-10,14H2,1H3. The molecule has 1 aliphatic rings. The topological polar surface area (TPSA) is 116 Å². The van der Waals surface area contributed by atoms with Gasteiger partial charge in [0.15, 0.2) is 5.65 Å². The molecule has 10 heteroatoms. The molecule has 0 spiro atoms. The highest BCUT2D eigenvalue weighted by Crippen LogP contribution is 2.17. The van der Waals surface area contributed by atoms with Crippen LogP contribution in [0.3, 0.4) is 0 Å². The van der Waals surface area contributed by atoms with Gasteiger partial charge in [0.2, 0.25) is 0 Å². The van der Waals surface area contributed by atoms with Crippen molar-refractivity contribution in [2.45, 2.75) is 13.5 Å². The Morgan fingerprint density at radius 1 is 1.12 bits per heavy atom. The van der Waals surface area contributed by atoms with Gasteiger partial charge in [-0.2, -0.15) is 0 Å². The van der Waals surface area contributed by atoms with Crippen LogP contribution in [0.2, 0.25) is 0 Å². The Labute approximate surface area is 188 Å². The number of hydrogen-bond donors (Lipinski definition) is 2. The van der Waals surface area contributed by atoms with Crippen LogP contribution in [0.15, 0.2) is 47.4 Å². The van der Waals surface area contributed by atoms with E-state index in [1.165, 1.54) is 16.8 Å². The van der Waals surface area contributed by atoms with Gasteiger partial charge in [0.1, 0.15) is 11.3 Å². The highest BCUT2D eigenvalue weighted by molar-refractivity contribution is 5.98. The molecule has 0 bridgehead atoms. The minimum Gasteiger partial charge on any atom is -0.462 e. The molecule has 33 heavy (non-hydrogen) atoms. The molecule has 4 aromatic rings. The van der Waals surface area contributed by atoms with Crippen molar-refractivity contribution in [3.05, 3.63) is 69.9 Å². The van der Waals surface area contributed by atoms with Crippen LogP contribution in [0.5, 0.6) is 0 Å². The van der Waals surface area contributed by atoms with E-state index in [2.05, 4.69) is 20.0 Å². The summed E-state index contributed by atoms with van der Waals surface area (Å²) >= 11 is 0. The van der Waals surface area contributed by atoms with Crippen molar-refractivity contribution in [1.29, 1.82) is 0 Å². The zero-order valence-electron chi connectivity index (χ0n) is 18.2. The Bertz CT molecular complexity index is 1360. The number of rotatable bonds is 5. The van der Waals surface area contributed by atoms with Gasteiger partial charge >= 0.3 is 5.97 Å². The molecule has 10 nitrogen and oxygen atoms in total. The number of aromatic amines is 2. The van der Waals surface area contributed by atoms with Gasteiger partial charge in [-0.1, -0.05) is 18.2 Å². The number of piperazine rings is 1. The molecule has 1 aliphatic heterocycles. The normalized spacial score (nSPS) is 14.8. The van der Waals surface area contributed by atoms with Crippen LogP contribution in [0.25, 0.3) is 16.6 Å². The van der Waals surface area contributed by atoms with E-state index in [0.717, 1.165) is 10.9 Å². The van der Waals surface area contributed by atoms with Crippen molar-refractivity contribution in [2.75, 3.05) is 32.8 Å². The number of nitrogens with one attached hydrogen (secondary N) is 2. The second-order valence-electron chi connectivity index (χ2n) is 7.99. The maximum atomic E-state index is 12.9. The van der Waals surface area contributed by atoms with Crippen LogP contribution in [-0.4, -0.2) is 74.0 Å². The lowest BCUT2D eigenvalue weighted by Crippen LogP contribution is -2.48. The maximum absolute atomic E-state index is 12.9. The minimum absolute atomic E-state index is 0.0185. The highest BCUT2D eigenvalue weighted by Gasteiger charge is 2.24. The van der Waals surface area contributed by atoms with Crippen molar-refractivity contribution in [1.82, 2.24) is 29.4 Å². The van der Waals surface area contributed by atoms with E-state index >= 15 is 0 Å². The first-order valence-corrected chi connectivity index (χ1v) is 10.9. The van der Waals surface area contributed by atoms with E-state index in [-0.39, 0.29) is 29.3 Å². The van der Waals surface area contributed by atoms with Gasteiger partial charge in [0.05, 0.1) is 12.3 Å². The molecule has 5 rings (SSSR count). The third-order valence-electron chi connectivity index (χ3n) is 5.85. The van der Waals surface area contributed by atoms with Gasteiger partial charge < -0.3 is 14.6 Å². The predicted octanol–water partition coefficient (Wildman–Crippen LogP) is 1.64. The number of carbonyl (C=O) groups excluding carboxylic acids is 2. The molecule has 0 unspecified atom stereocenters. The summed E-state index contributed by atoms with van der Waals surface area (Å²) in [6.45, 7) is 4.88. The molecular formula is C23H24N6O4. The SMILES string of the molecule is CCOC(=O)c1c[nH]n2c(=O)cc(CN3CCN(C(=O)c4cc5ccccc5[nH]4)CC3)nc12. The van der Waals surface area contributed by atoms with Gasteiger partial charge in [-0.25, -0.2) is 14.3 Å². The Morgan fingerprint density at radius 3 is 2.67 bits per heavy atom. The summed E-state index contributed by atoms with van der Waals surface area (Å²) in [5, 5.41) is 3.76. The molecule has 3 aromatic heterocycles. The average molecular weight is 448 g/mol. The number of amides is 1. The monoisotopic (exact) mass is 448 g/mol. The van der Waals surface area contributed by atoms with Gasteiger partial charge in [0.25, 0.3) is 11.5 Å². The van der Waals surface area contributed by atoms with Crippen LogP contribution in [0.4, 0.5) is 0 Å². The van der Waals surface area contributed by atoms with Gasteiger partial charge in [-0.05, 0) is 19.1 Å². The lowest BCUT2D eigenvalue weighted by atomic mass is 10.2. The van der Waals surface area contributed by atoms with E-state index < -0.39 is 5.97 Å². The molecular weight excluding hydrogens is 424 g/mol. The van der Waals surface area contributed by atoms with E-state index in [9.17, 15) is 14.4 Å². The smallest absolute Gasteiger partial charge is 0.343 e. The molecule has 0 radical (unpaired) electrons. The Kier molecular flexibility index (Phi) is 5.43. The first-order valence-electron chi connectivity index (χ1n) is 10.9. The number of nitrogens with zero attached hydrogens (tertiary/aromatic N) is 4. The molecule has 1 aromatic carbocycles. The third kappa shape index (κ3) is 4.00. The van der Waals surface area contributed by atoms with Crippen LogP contribution >= 0.6 is 0 Å². The lowest BCUT2D eigenvalue weighted by Gasteiger charge is -2.34. The third-order valence-corrected chi connectivity index (χ3v) is 5.85. The number of benzene rings is 1. The van der Waals surface area contributed by atoms with Crippen LogP contribution < -0.4 is 5.56 Å². The van der Waals surface area contributed by atoms with Gasteiger partial charge in [0, 0.05) is 55.9 Å². The van der Waals surface area contributed by atoms with Crippen LogP contribution in [0, 0.1) is 0 Å². The molecule has 1 fully saturated rings. The second-order valence-corrected chi connectivity index (χ2v) is 7.99. The molecule has 1 saturated heterocycles. The fraction of sp³-hybridized carbons (Fsp3) is 0.304. The summed E-state index contributed by atoms with van der Waals surface area (Å²) in [6, 6.07) is 11.2. The molecule has 1 amide bonds. The van der Waals surface area contributed by atoms with Crippen molar-refractivity contribution in [3.8, 4) is 0 Å². The maximum Gasteiger partial charge on any atom is 0.343 e. The molecule has 0 saturated carbocycles. The molecule has 170 valence electrons. The van der Waals surface area contributed by atoms with Crippen LogP contribution in [0.1, 0.15) is 33.5 Å². The van der Waals surface area contributed by atoms with Crippen LogP contribution in [-0.2, 0) is 11.3 Å². The Balaban J connectivity index is 1.27. The number of ether oxygens (including phenoxy) is 1. The van der Waals surface area contributed by atoms with E-state index in [0.29, 0.717) is 44.1 Å². The number of fused-ring (bicyclic) bond motifs is 2. The summed E-state index contributed by atoms with van der Waals surface area (Å²) in [5.41, 5.74) is 2.29. The zero-order chi connectivity index (χ0) is 22.9. The molecule has 2 N–H and O–H groups in total.